The summed E-state index contributed by atoms with van der Waals surface area (Å²) in [6.45, 7) is 2.47. The van der Waals surface area contributed by atoms with E-state index in [0.29, 0.717) is 12.1 Å². The first-order chi connectivity index (χ1) is 20.4. The number of sulfone groups is 2. The van der Waals surface area contributed by atoms with Crippen molar-refractivity contribution in [2.24, 2.45) is 5.92 Å². The molecule has 1 atom stereocenters. The van der Waals surface area contributed by atoms with Crippen LogP contribution in [0.25, 0.3) is 0 Å². The molecule has 1 aliphatic rings. The Hall–Kier alpha value is -3.27. The molecule has 4 rings (SSSR count). The molecule has 0 amide bonds. The normalized spacial score (nSPS) is 17.2. The molecule has 1 aliphatic heterocycles. The van der Waals surface area contributed by atoms with Gasteiger partial charge in [0.05, 0.1) is 35.5 Å². The molecule has 1 fully saturated rings. The standard InChI is InChI=1S/C29H30F3NO8S3/c1-3-28(2,21-14-16-33(17-15-21)44(40,41)24-11-7-8-20(18-24)27(34)35)43(38,39)26-19-23(12-13-25(26)29(30,31)32)42(36,37)22-9-5-4-6-10-22/h4-13,18-19,21H,3,14-17H2,1-2H3,(H,34,35). The van der Waals surface area contributed by atoms with Gasteiger partial charge in [-0.2, -0.15) is 17.5 Å². The van der Waals surface area contributed by atoms with Crippen LogP contribution in [-0.4, -0.2) is 58.5 Å². The van der Waals surface area contributed by atoms with Crippen LogP contribution in [0.5, 0.6) is 0 Å². The molecule has 0 aromatic heterocycles. The van der Waals surface area contributed by atoms with Crippen molar-refractivity contribution in [3.8, 4) is 0 Å². The molecule has 3 aromatic rings. The molecule has 9 nitrogen and oxygen atoms in total. The molecule has 0 spiro atoms. The van der Waals surface area contributed by atoms with Gasteiger partial charge < -0.3 is 5.11 Å². The van der Waals surface area contributed by atoms with E-state index in [0.717, 1.165) is 16.4 Å². The highest BCUT2D eigenvalue weighted by Crippen LogP contribution is 2.45. The maximum atomic E-state index is 14.2. The van der Waals surface area contributed by atoms with E-state index < -0.39 is 67.9 Å². The number of benzene rings is 3. The molecule has 15 heteroatoms. The first-order valence-corrected chi connectivity index (χ1v) is 17.9. The number of rotatable bonds is 9. The molecule has 0 saturated carbocycles. The van der Waals surface area contributed by atoms with Crippen molar-refractivity contribution < 1.29 is 48.3 Å². The molecule has 0 aliphatic carbocycles. The first kappa shape index (κ1) is 33.6. The van der Waals surface area contributed by atoms with Crippen LogP contribution in [0.2, 0.25) is 0 Å². The Labute approximate surface area is 254 Å². The lowest BCUT2D eigenvalue weighted by molar-refractivity contribution is -0.140. The summed E-state index contributed by atoms with van der Waals surface area (Å²) in [6, 6.07) is 13.4. The Bertz CT molecular complexity index is 1890. The van der Waals surface area contributed by atoms with E-state index in [2.05, 4.69) is 0 Å². The Morgan fingerprint density at radius 1 is 0.841 bits per heavy atom. The van der Waals surface area contributed by atoms with Crippen molar-refractivity contribution in [2.45, 2.75) is 63.6 Å². The third-order valence-corrected chi connectivity index (χ3v) is 14.7. The monoisotopic (exact) mass is 673 g/mol. The number of carbonyl (C=O) groups is 1. The fourth-order valence-electron chi connectivity index (χ4n) is 5.46. The molecule has 1 saturated heterocycles. The molecular formula is C29H30F3NO8S3. The van der Waals surface area contributed by atoms with Gasteiger partial charge in [0.2, 0.25) is 19.9 Å². The van der Waals surface area contributed by atoms with Crippen LogP contribution in [0.4, 0.5) is 13.2 Å². The summed E-state index contributed by atoms with van der Waals surface area (Å²) in [7, 11) is -13.4. The van der Waals surface area contributed by atoms with E-state index in [1.165, 1.54) is 56.3 Å². The van der Waals surface area contributed by atoms with Crippen LogP contribution >= 0.6 is 0 Å². The Morgan fingerprint density at radius 3 is 1.98 bits per heavy atom. The maximum Gasteiger partial charge on any atom is 0.417 e. The number of hydrogen-bond donors (Lipinski definition) is 1. The van der Waals surface area contributed by atoms with Crippen molar-refractivity contribution in [2.75, 3.05) is 13.1 Å². The second-order valence-corrected chi connectivity index (χ2v) is 16.9. The number of alkyl halides is 3. The second kappa shape index (κ2) is 11.9. The summed E-state index contributed by atoms with van der Waals surface area (Å²) in [6.07, 6.45) is -5.30. The third-order valence-electron chi connectivity index (χ3n) is 8.26. The van der Waals surface area contributed by atoms with Gasteiger partial charge in [-0.25, -0.2) is 30.0 Å². The van der Waals surface area contributed by atoms with Crippen molar-refractivity contribution in [1.29, 1.82) is 0 Å². The van der Waals surface area contributed by atoms with Gasteiger partial charge in [-0.3, -0.25) is 0 Å². The average Bonchev–Trinajstić information content (AvgIpc) is 3.00. The van der Waals surface area contributed by atoms with Crippen molar-refractivity contribution in [3.05, 3.63) is 83.9 Å². The zero-order valence-corrected chi connectivity index (χ0v) is 26.1. The Balaban J connectivity index is 1.71. The van der Waals surface area contributed by atoms with Crippen molar-refractivity contribution in [1.82, 2.24) is 4.31 Å². The summed E-state index contributed by atoms with van der Waals surface area (Å²) < 4.78 is 123. The minimum Gasteiger partial charge on any atom is -0.478 e. The van der Waals surface area contributed by atoms with Crippen LogP contribution in [-0.2, 0) is 35.9 Å². The second-order valence-electron chi connectivity index (χ2n) is 10.7. The smallest absolute Gasteiger partial charge is 0.417 e. The van der Waals surface area contributed by atoms with Crippen LogP contribution in [0.1, 0.15) is 49.0 Å². The zero-order chi connectivity index (χ0) is 32.7. The topological polar surface area (TPSA) is 143 Å². The van der Waals surface area contributed by atoms with Crippen molar-refractivity contribution in [3.63, 3.8) is 0 Å². The lowest BCUT2D eigenvalue weighted by atomic mass is 9.83. The van der Waals surface area contributed by atoms with Gasteiger partial charge in [-0.15, -0.1) is 0 Å². The van der Waals surface area contributed by atoms with E-state index in [9.17, 15) is 48.3 Å². The minimum atomic E-state index is -5.12. The van der Waals surface area contributed by atoms with E-state index >= 15 is 0 Å². The van der Waals surface area contributed by atoms with Gasteiger partial charge in [-0.05, 0) is 80.6 Å². The van der Waals surface area contributed by atoms with Crippen LogP contribution in [0.3, 0.4) is 0 Å². The van der Waals surface area contributed by atoms with E-state index in [1.807, 2.05) is 0 Å². The molecular weight excluding hydrogens is 644 g/mol. The fraction of sp³-hybridized carbons (Fsp3) is 0.345. The number of carboxylic acid groups (broad SMARTS) is 1. The number of carboxylic acids is 1. The number of piperidine rings is 1. The molecule has 0 bridgehead atoms. The molecule has 1 N–H and O–H groups in total. The largest absolute Gasteiger partial charge is 0.478 e. The number of halogens is 3. The summed E-state index contributed by atoms with van der Waals surface area (Å²) in [5, 5.41) is 9.23. The summed E-state index contributed by atoms with van der Waals surface area (Å²) in [5.41, 5.74) is -1.73. The zero-order valence-electron chi connectivity index (χ0n) is 23.7. The highest BCUT2D eigenvalue weighted by atomic mass is 32.2. The Morgan fingerprint density at radius 2 is 1.43 bits per heavy atom. The highest BCUT2D eigenvalue weighted by Gasteiger charge is 2.50. The van der Waals surface area contributed by atoms with E-state index in [1.54, 1.807) is 6.07 Å². The Kier molecular flexibility index (Phi) is 9.10. The third kappa shape index (κ3) is 6.02. The highest BCUT2D eigenvalue weighted by molar-refractivity contribution is 7.93. The molecule has 44 heavy (non-hydrogen) atoms. The number of aromatic carboxylic acids is 1. The van der Waals surface area contributed by atoms with Gasteiger partial charge in [0.25, 0.3) is 0 Å². The molecule has 1 heterocycles. The molecule has 1 unspecified atom stereocenters. The fourth-order valence-corrected chi connectivity index (χ4v) is 10.7. The number of hydrogen-bond acceptors (Lipinski definition) is 7. The minimum absolute atomic E-state index is 0.0230. The quantitative estimate of drug-likeness (QED) is 0.323. The summed E-state index contributed by atoms with van der Waals surface area (Å²) >= 11 is 0. The number of nitrogens with zero attached hydrogens (tertiary/aromatic N) is 1. The van der Waals surface area contributed by atoms with Gasteiger partial charge in [0.1, 0.15) is 0 Å². The van der Waals surface area contributed by atoms with E-state index in [4.69, 9.17) is 0 Å². The van der Waals surface area contributed by atoms with Crippen LogP contribution < -0.4 is 0 Å². The molecule has 3 aromatic carbocycles. The van der Waals surface area contributed by atoms with Crippen LogP contribution in [0.15, 0.2) is 92.4 Å². The maximum absolute atomic E-state index is 14.2. The molecule has 238 valence electrons. The number of sulfonamides is 1. The van der Waals surface area contributed by atoms with Gasteiger partial charge in [-0.1, -0.05) is 31.2 Å². The lowest BCUT2D eigenvalue weighted by Gasteiger charge is -2.41. The summed E-state index contributed by atoms with van der Waals surface area (Å²) in [4.78, 5) is 9.07. The van der Waals surface area contributed by atoms with Gasteiger partial charge >= 0.3 is 12.1 Å². The SMILES string of the molecule is CCC(C)(C1CCN(S(=O)(=O)c2cccc(C(=O)O)c2)CC1)S(=O)(=O)c1cc(S(=O)(=O)c2ccccc2)ccc1C(F)(F)F. The predicted octanol–water partition coefficient (Wildman–Crippen LogP) is 5.28. The van der Waals surface area contributed by atoms with E-state index in [-0.39, 0.29) is 47.7 Å². The molecule has 0 radical (unpaired) electrons. The average molecular weight is 674 g/mol. The lowest BCUT2D eigenvalue weighted by Crippen LogP contribution is -2.49. The van der Waals surface area contributed by atoms with Gasteiger partial charge in [0.15, 0.2) is 9.84 Å². The van der Waals surface area contributed by atoms with Crippen LogP contribution in [0, 0.1) is 5.92 Å². The predicted molar refractivity (Wildman–Crippen MR) is 154 cm³/mol. The van der Waals surface area contributed by atoms with Gasteiger partial charge in [0, 0.05) is 13.1 Å². The summed E-state index contributed by atoms with van der Waals surface area (Å²) in [5.74, 6) is -2.10. The first-order valence-electron chi connectivity index (χ1n) is 13.5. The van der Waals surface area contributed by atoms with Crippen molar-refractivity contribution >= 4 is 35.7 Å².